The summed E-state index contributed by atoms with van der Waals surface area (Å²) in [5.41, 5.74) is 0. The molecule has 1 amide bonds. The van der Waals surface area contributed by atoms with Crippen LogP contribution >= 0.6 is 34.2 Å². The standard InChI is InChI=1S/C16H25ClIN3O4S/c1-2-26(24,25)21-8-10-6-20(7-11(10)9-21)16(23)5-19-14-4-13(18)12(17)3-15(14)22/h2,10-15,19,22H,1,3-9H2. The van der Waals surface area contributed by atoms with Crippen molar-refractivity contribution < 1.29 is 18.3 Å². The van der Waals surface area contributed by atoms with E-state index in [1.807, 2.05) is 0 Å². The van der Waals surface area contributed by atoms with E-state index < -0.39 is 16.1 Å². The minimum atomic E-state index is -3.38. The van der Waals surface area contributed by atoms with Gasteiger partial charge in [-0.05, 0) is 24.7 Å². The first-order valence-corrected chi connectivity index (χ1v) is 12.0. The lowest BCUT2D eigenvalue weighted by Gasteiger charge is -2.34. The molecule has 2 heterocycles. The fourth-order valence-electron chi connectivity index (χ4n) is 4.11. The summed E-state index contributed by atoms with van der Waals surface area (Å²) in [5, 5.41) is 14.3. The van der Waals surface area contributed by atoms with Crippen molar-refractivity contribution in [3.05, 3.63) is 12.0 Å². The molecule has 0 bridgehead atoms. The number of aliphatic hydroxyl groups excluding tert-OH is 1. The van der Waals surface area contributed by atoms with Gasteiger partial charge in [-0.3, -0.25) is 4.79 Å². The van der Waals surface area contributed by atoms with Gasteiger partial charge in [0, 0.05) is 46.9 Å². The Morgan fingerprint density at radius 1 is 1.27 bits per heavy atom. The van der Waals surface area contributed by atoms with Gasteiger partial charge in [-0.2, -0.15) is 4.31 Å². The molecule has 0 spiro atoms. The summed E-state index contributed by atoms with van der Waals surface area (Å²) >= 11 is 8.47. The van der Waals surface area contributed by atoms with Crippen LogP contribution in [0.4, 0.5) is 0 Å². The second-order valence-electron chi connectivity index (χ2n) is 7.41. The minimum Gasteiger partial charge on any atom is -0.391 e. The molecular weight excluding hydrogens is 493 g/mol. The highest BCUT2D eigenvalue weighted by atomic mass is 127. The molecule has 0 aromatic heterocycles. The number of alkyl halides is 2. The number of rotatable bonds is 5. The number of likely N-dealkylation sites (tertiary alicyclic amines) is 1. The number of hydrogen-bond donors (Lipinski definition) is 2. The van der Waals surface area contributed by atoms with Crippen molar-refractivity contribution in [3.8, 4) is 0 Å². The number of halogens is 2. The quantitative estimate of drug-likeness (QED) is 0.406. The summed E-state index contributed by atoms with van der Waals surface area (Å²) in [6.45, 7) is 5.62. The molecule has 7 nitrogen and oxygen atoms in total. The number of amides is 1. The van der Waals surface area contributed by atoms with E-state index in [1.165, 1.54) is 4.31 Å². The molecule has 0 aromatic rings. The van der Waals surface area contributed by atoms with E-state index in [-0.39, 0.29) is 39.6 Å². The molecule has 3 rings (SSSR count). The van der Waals surface area contributed by atoms with Crippen LogP contribution in [-0.4, -0.2) is 82.8 Å². The van der Waals surface area contributed by atoms with E-state index in [9.17, 15) is 18.3 Å². The molecule has 2 saturated heterocycles. The molecule has 6 atom stereocenters. The summed E-state index contributed by atoms with van der Waals surface area (Å²) in [4.78, 5) is 14.3. The number of hydrogen-bond acceptors (Lipinski definition) is 5. The van der Waals surface area contributed by atoms with E-state index in [0.29, 0.717) is 32.6 Å². The van der Waals surface area contributed by atoms with Crippen LogP contribution in [0.1, 0.15) is 12.8 Å². The molecule has 2 aliphatic heterocycles. The Morgan fingerprint density at radius 2 is 1.88 bits per heavy atom. The summed E-state index contributed by atoms with van der Waals surface area (Å²) in [6.07, 6.45) is 0.734. The SMILES string of the molecule is C=CS(=O)(=O)N1CC2CN(C(=O)CNC3CC(I)C(Cl)CC3O)CC2C1. The average molecular weight is 518 g/mol. The fraction of sp³-hybridized carbons (Fsp3) is 0.812. The minimum absolute atomic E-state index is 0.00253. The van der Waals surface area contributed by atoms with Crippen LogP contribution in [-0.2, 0) is 14.8 Å². The number of nitrogens with one attached hydrogen (secondary N) is 1. The van der Waals surface area contributed by atoms with Gasteiger partial charge < -0.3 is 15.3 Å². The molecule has 1 aliphatic carbocycles. The van der Waals surface area contributed by atoms with Crippen molar-refractivity contribution in [3.63, 3.8) is 0 Å². The topological polar surface area (TPSA) is 90.0 Å². The van der Waals surface area contributed by atoms with Crippen molar-refractivity contribution in [2.24, 2.45) is 11.8 Å². The molecule has 3 aliphatic rings. The Morgan fingerprint density at radius 3 is 2.46 bits per heavy atom. The lowest BCUT2D eigenvalue weighted by molar-refractivity contribution is -0.129. The average Bonchev–Trinajstić information content (AvgIpc) is 3.16. The van der Waals surface area contributed by atoms with Crippen LogP contribution < -0.4 is 5.32 Å². The van der Waals surface area contributed by atoms with Gasteiger partial charge in [0.25, 0.3) is 0 Å². The van der Waals surface area contributed by atoms with Gasteiger partial charge in [-0.1, -0.05) is 29.2 Å². The molecule has 1 saturated carbocycles. The van der Waals surface area contributed by atoms with Gasteiger partial charge >= 0.3 is 0 Å². The highest BCUT2D eigenvalue weighted by Crippen LogP contribution is 2.33. The van der Waals surface area contributed by atoms with E-state index in [4.69, 9.17) is 11.6 Å². The van der Waals surface area contributed by atoms with Gasteiger partial charge in [-0.25, -0.2) is 8.42 Å². The predicted octanol–water partition coefficient (Wildman–Crippen LogP) is 0.374. The zero-order valence-electron chi connectivity index (χ0n) is 14.4. The molecule has 10 heteroatoms. The molecule has 2 N–H and O–H groups in total. The largest absolute Gasteiger partial charge is 0.391 e. The third-order valence-electron chi connectivity index (χ3n) is 5.69. The second-order valence-corrected chi connectivity index (χ2v) is 11.4. The van der Waals surface area contributed by atoms with Gasteiger partial charge in [0.15, 0.2) is 0 Å². The van der Waals surface area contributed by atoms with Crippen LogP contribution in [0.2, 0.25) is 0 Å². The van der Waals surface area contributed by atoms with Crippen LogP contribution in [0.25, 0.3) is 0 Å². The molecular formula is C16H25ClIN3O4S. The number of fused-ring (bicyclic) bond motifs is 1. The highest BCUT2D eigenvalue weighted by molar-refractivity contribution is 14.1. The fourth-order valence-corrected chi connectivity index (χ4v) is 6.24. The van der Waals surface area contributed by atoms with E-state index in [0.717, 1.165) is 11.8 Å². The first kappa shape index (κ1) is 20.8. The summed E-state index contributed by atoms with van der Waals surface area (Å²) in [7, 11) is -3.38. The van der Waals surface area contributed by atoms with Crippen molar-refractivity contribution in [1.29, 1.82) is 0 Å². The maximum absolute atomic E-state index is 12.5. The Balaban J connectivity index is 1.47. The van der Waals surface area contributed by atoms with Crippen molar-refractivity contribution in [1.82, 2.24) is 14.5 Å². The number of nitrogens with zero attached hydrogens (tertiary/aromatic N) is 2. The predicted molar refractivity (Wildman–Crippen MR) is 109 cm³/mol. The Labute approximate surface area is 173 Å². The smallest absolute Gasteiger partial charge is 0.236 e. The van der Waals surface area contributed by atoms with Gasteiger partial charge in [0.1, 0.15) is 0 Å². The molecule has 6 unspecified atom stereocenters. The number of sulfonamides is 1. The number of carbonyl (C=O) groups excluding carboxylic acids is 1. The first-order chi connectivity index (χ1) is 12.2. The van der Waals surface area contributed by atoms with E-state index in [1.54, 1.807) is 4.90 Å². The Bertz CT molecular complexity index is 650. The maximum Gasteiger partial charge on any atom is 0.236 e. The molecule has 148 valence electrons. The van der Waals surface area contributed by atoms with Gasteiger partial charge in [0.2, 0.25) is 15.9 Å². The summed E-state index contributed by atoms with van der Waals surface area (Å²) in [5.74, 6) is 0.372. The van der Waals surface area contributed by atoms with Crippen LogP contribution in [0, 0.1) is 11.8 Å². The van der Waals surface area contributed by atoms with Crippen LogP contribution in [0.5, 0.6) is 0 Å². The van der Waals surface area contributed by atoms with Crippen LogP contribution in [0.3, 0.4) is 0 Å². The van der Waals surface area contributed by atoms with Crippen molar-refractivity contribution in [2.45, 2.75) is 34.3 Å². The monoisotopic (exact) mass is 517 g/mol. The number of aliphatic hydroxyl groups is 1. The Kier molecular flexibility index (Phi) is 6.56. The molecule has 3 fully saturated rings. The van der Waals surface area contributed by atoms with Gasteiger partial charge in [-0.15, -0.1) is 11.6 Å². The molecule has 0 radical (unpaired) electrons. The van der Waals surface area contributed by atoms with E-state index in [2.05, 4.69) is 34.5 Å². The van der Waals surface area contributed by atoms with Crippen molar-refractivity contribution >= 4 is 50.1 Å². The third-order valence-corrected chi connectivity index (χ3v) is 9.42. The molecule has 26 heavy (non-hydrogen) atoms. The summed E-state index contributed by atoms with van der Waals surface area (Å²) < 4.78 is 25.5. The lowest BCUT2D eigenvalue weighted by atomic mass is 9.92. The van der Waals surface area contributed by atoms with Crippen LogP contribution in [0.15, 0.2) is 12.0 Å². The Hall–Kier alpha value is 0.0600. The zero-order chi connectivity index (χ0) is 19.1. The van der Waals surface area contributed by atoms with E-state index >= 15 is 0 Å². The second kappa shape index (κ2) is 8.20. The zero-order valence-corrected chi connectivity index (χ0v) is 18.2. The third kappa shape index (κ3) is 4.38. The maximum atomic E-state index is 12.5. The number of carbonyl (C=O) groups is 1. The summed E-state index contributed by atoms with van der Waals surface area (Å²) in [6, 6.07) is -0.119. The normalized spacial score (nSPS) is 38.3. The van der Waals surface area contributed by atoms with Gasteiger partial charge in [0.05, 0.1) is 12.6 Å². The van der Waals surface area contributed by atoms with Crippen molar-refractivity contribution in [2.75, 3.05) is 32.7 Å². The lowest BCUT2D eigenvalue weighted by Crippen LogP contribution is -2.51. The first-order valence-electron chi connectivity index (χ1n) is 8.81. The molecule has 0 aromatic carbocycles. The highest BCUT2D eigenvalue weighted by Gasteiger charge is 2.44.